The first-order chi connectivity index (χ1) is 19.5. The number of hydrogen-bond donors (Lipinski definition) is 1. The number of benzene rings is 2. The monoisotopic (exact) mass is 621 g/mol. The number of halogens is 9. The van der Waals surface area contributed by atoms with Crippen LogP contribution in [0.2, 0.25) is 0 Å². The number of carbonyl (C=O) groups excluding carboxylic acids is 1. The molecule has 8 nitrogen and oxygen atoms in total. The summed E-state index contributed by atoms with van der Waals surface area (Å²) < 4.78 is 136. The predicted octanol–water partition coefficient (Wildman–Crippen LogP) is 5.68. The number of alkyl halides is 7. The van der Waals surface area contributed by atoms with Crippen LogP contribution in [0.1, 0.15) is 12.5 Å². The lowest BCUT2D eigenvalue weighted by atomic mass is 10.1. The highest BCUT2D eigenvalue weighted by atomic mass is 19.4. The van der Waals surface area contributed by atoms with Crippen LogP contribution in [-0.2, 0) is 20.7 Å². The first-order valence-electron chi connectivity index (χ1n) is 11.9. The van der Waals surface area contributed by atoms with E-state index < -0.39 is 80.1 Å². The van der Waals surface area contributed by atoms with Gasteiger partial charge in [-0.05, 0) is 36.8 Å². The summed E-state index contributed by atoms with van der Waals surface area (Å²) in [6.45, 7) is -1.68. The zero-order valence-electron chi connectivity index (χ0n) is 21.6. The van der Waals surface area contributed by atoms with Crippen LogP contribution in [0.15, 0.2) is 42.5 Å². The van der Waals surface area contributed by atoms with Crippen LogP contribution in [0.4, 0.5) is 44.3 Å². The number of hydrogen-bond acceptors (Lipinski definition) is 6. The Morgan fingerprint density at radius 3 is 2.02 bits per heavy atom. The second kappa shape index (κ2) is 14.4. The Balaban J connectivity index is 2.07. The molecule has 0 radical (unpaired) electrons. The minimum atomic E-state index is -6.64. The summed E-state index contributed by atoms with van der Waals surface area (Å²) in [5.74, 6) is -10.8. The van der Waals surface area contributed by atoms with Gasteiger partial charge in [0.2, 0.25) is 0 Å². The van der Waals surface area contributed by atoms with Gasteiger partial charge in [-0.3, -0.25) is 0 Å². The van der Waals surface area contributed by atoms with E-state index in [4.69, 9.17) is 19.3 Å². The van der Waals surface area contributed by atoms with Gasteiger partial charge in [0.1, 0.15) is 18.1 Å². The molecule has 1 unspecified atom stereocenters. The molecule has 42 heavy (non-hydrogen) atoms. The lowest BCUT2D eigenvalue weighted by Gasteiger charge is -2.28. The molecule has 234 valence electrons. The fourth-order valence-electron chi connectivity index (χ4n) is 3.17. The van der Waals surface area contributed by atoms with Crippen LogP contribution >= 0.6 is 0 Å². The minimum Gasteiger partial charge on any atom is -0.492 e. The highest BCUT2D eigenvalue weighted by Gasteiger charge is 2.74. The summed E-state index contributed by atoms with van der Waals surface area (Å²) >= 11 is 0. The second-order valence-electron chi connectivity index (χ2n) is 8.35. The average molecular weight is 621 g/mol. The third kappa shape index (κ3) is 9.40. The SMILES string of the molecule is CCOC(Cc1ccc(OCCN(CCOC(F)(F)C(F)(F)C(F)(F)F)C(=O)Oc2ccc(F)c(F)c2)cc1)C(=O)O. The van der Waals surface area contributed by atoms with Gasteiger partial charge in [0.15, 0.2) is 17.7 Å². The minimum absolute atomic E-state index is 0.0328. The van der Waals surface area contributed by atoms with E-state index in [2.05, 4.69) is 4.74 Å². The van der Waals surface area contributed by atoms with Gasteiger partial charge in [0, 0.05) is 25.6 Å². The van der Waals surface area contributed by atoms with Gasteiger partial charge < -0.3 is 29.0 Å². The van der Waals surface area contributed by atoms with E-state index in [1.54, 1.807) is 6.92 Å². The van der Waals surface area contributed by atoms with Crippen LogP contribution in [0.5, 0.6) is 11.5 Å². The van der Waals surface area contributed by atoms with Crippen molar-refractivity contribution in [3.8, 4) is 11.5 Å². The van der Waals surface area contributed by atoms with E-state index in [0.717, 1.165) is 6.07 Å². The molecule has 0 fully saturated rings. The molecular weight excluding hydrogens is 597 g/mol. The molecule has 0 spiro atoms. The molecule has 1 atom stereocenters. The maximum absolute atomic E-state index is 13.5. The Morgan fingerprint density at radius 2 is 1.48 bits per heavy atom. The molecule has 0 bridgehead atoms. The molecule has 2 aromatic rings. The Hall–Kier alpha value is -3.73. The number of carbonyl (C=O) groups is 2. The van der Waals surface area contributed by atoms with Crippen molar-refractivity contribution in [2.75, 3.05) is 32.9 Å². The maximum atomic E-state index is 13.5. The van der Waals surface area contributed by atoms with E-state index in [1.807, 2.05) is 0 Å². The van der Waals surface area contributed by atoms with Gasteiger partial charge >= 0.3 is 30.3 Å². The normalized spacial score (nSPS) is 13.0. The molecule has 1 N–H and O–H groups in total. The number of nitrogens with zero attached hydrogens (tertiary/aromatic N) is 1. The van der Waals surface area contributed by atoms with Crippen molar-refractivity contribution in [3.05, 3.63) is 59.7 Å². The lowest BCUT2D eigenvalue weighted by Crippen LogP contribution is -2.54. The topological polar surface area (TPSA) is 94.5 Å². The largest absolute Gasteiger partial charge is 0.492 e. The lowest BCUT2D eigenvalue weighted by molar-refractivity contribution is -0.423. The summed E-state index contributed by atoms with van der Waals surface area (Å²) in [6, 6.07) is 7.78. The number of carboxylic acid groups (broad SMARTS) is 1. The molecule has 0 aliphatic rings. The van der Waals surface area contributed by atoms with Crippen LogP contribution in [0.3, 0.4) is 0 Å². The number of rotatable bonds is 15. The Bertz CT molecular complexity index is 1190. The van der Waals surface area contributed by atoms with E-state index in [9.17, 15) is 49.1 Å². The van der Waals surface area contributed by atoms with E-state index in [0.29, 0.717) is 22.6 Å². The Labute approximate surface area is 232 Å². The predicted molar refractivity (Wildman–Crippen MR) is 125 cm³/mol. The zero-order valence-corrected chi connectivity index (χ0v) is 21.6. The molecule has 0 aromatic heterocycles. The molecule has 17 heteroatoms. The molecule has 0 aliphatic carbocycles. The van der Waals surface area contributed by atoms with Crippen molar-refractivity contribution in [1.82, 2.24) is 4.90 Å². The molecule has 2 rings (SSSR count). The maximum Gasteiger partial charge on any atom is 0.462 e. The molecule has 2 aromatic carbocycles. The molecule has 1 amide bonds. The van der Waals surface area contributed by atoms with Crippen molar-refractivity contribution >= 4 is 12.1 Å². The van der Waals surface area contributed by atoms with Crippen molar-refractivity contribution in [2.45, 2.75) is 37.7 Å². The Morgan fingerprint density at radius 1 is 0.881 bits per heavy atom. The standard InChI is InChI=1S/C25H24F9NO7/c1-2-39-20(21(36)37)13-15-3-5-16(6-4-15)40-11-9-35(22(38)42-17-7-8-18(26)19(27)14-17)10-12-41-25(33,34)23(28,29)24(30,31)32/h3-8,14,20H,2,9-13H2,1H3,(H,36,37). The van der Waals surface area contributed by atoms with Gasteiger partial charge in [-0.1, -0.05) is 12.1 Å². The smallest absolute Gasteiger partial charge is 0.462 e. The molecular formula is C25H24F9NO7. The zero-order chi connectivity index (χ0) is 31.7. The van der Waals surface area contributed by atoms with Gasteiger partial charge in [-0.25, -0.2) is 18.4 Å². The van der Waals surface area contributed by atoms with E-state index in [1.165, 1.54) is 24.3 Å². The fraction of sp³-hybridized carbons (Fsp3) is 0.440. The number of amides is 1. The van der Waals surface area contributed by atoms with Gasteiger partial charge in [0.05, 0.1) is 13.2 Å². The third-order valence-corrected chi connectivity index (χ3v) is 5.34. The highest BCUT2D eigenvalue weighted by Crippen LogP contribution is 2.46. The molecule has 0 aliphatic heterocycles. The number of carboxylic acids is 1. The summed E-state index contributed by atoms with van der Waals surface area (Å²) in [6.07, 6.45) is -15.1. The summed E-state index contributed by atoms with van der Waals surface area (Å²) in [5, 5.41) is 9.17. The van der Waals surface area contributed by atoms with Gasteiger partial charge in [0.25, 0.3) is 0 Å². The molecule has 0 saturated heterocycles. The van der Waals surface area contributed by atoms with Crippen molar-refractivity contribution in [1.29, 1.82) is 0 Å². The van der Waals surface area contributed by atoms with Crippen LogP contribution in [-0.4, -0.2) is 79.3 Å². The molecule has 0 saturated carbocycles. The summed E-state index contributed by atoms with van der Waals surface area (Å²) in [5.41, 5.74) is 0.564. The highest BCUT2D eigenvalue weighted by molar-refractivity contribution is 5.72. The van der Waals surface area contributed by atoms with Crippen LogP contribution in [0.25, 0.3) is 0 Å². The van der Waals surface area contributed by atoms with Gasteiger partial charge in [-0.15, -0.1) is 0 Å². The number of aliphatic carboxylic acids is 1. The second-order valence-corrected chi connectivity index (χ2v) is 8.35. The molecule has 0 heterocycles. The Kier molecular flexibility index (Phi) is 11.9. The first kappa shape index (κ1) is 34.5. The van der Waals surface area contributed by atoms with Gasteiger partial charge in [-0.2, -0.15) is 30.7 Å². The summed E-state index contributed by atoms with van der Waals surface area (Å²) in [7, 11) is 0. The third-order valence-electron chi connectivity index (χ3n) is 5.34. The van der Waals surface area contributed by atoms with E-state index >= 15 is 0 Å². The summed E-state index contributed by atoms with van der Waals surface area (Å²) in [4.78, 5) is 24.3. The number of ether oxygens (including phenoxy) is 4. The average Bonchev–Trinajstić information content (AvgIpc) is 2.89. The van der Waals surface area contributed by atoms with Crippen molar-refractivity contribution in [2.24, 2.45) is 0 Å². The first-order valence-corrected chi connectivity index (χ1v) is 11.9. The van der Waals surface area contributed by atoms with E-state index in [-0.39, 0.29) is 18.8 Å². The van der Waals surface area contributed by atoms with Crippen LogP contribution in [0, 0.1) is 11.6 Å². The fourth-order valence-corrected chi connectivity index (χ4v) is 3.17. The van der Waals surface area contributed by atoms with Crippen molar-refractivity contribution < 1.29 is 73.2 Å². The van der Waals surface area contributed by atoms with Crippen molar-refractivity contribution in [3.63, 3.8) is 0 Å². The quantitative estimate of drug-likeness (QED) is 0.256. The van der Waals surface area contributed by atoms with Crippen LogP contribution < -0.4 is 9.47 Å².